The number of sulfone groups is 1. The molecule has 16 heavy (non-hydrogen) atoms. The first-order valence-corrected chi connectivity index (χ1v) is 6.31. The largest absolute Gasteiger partial charge is 0.465 e. The molecule has 0 fully saturated rings. The van der Waals surface area contributed by atoms with Gasteiger partial charge in [0.1, 0.15) is 10.7 Å². The van der Waals surface area contributed by atoms with Crippen molar-refractivity contribution in [3.05, 3.63) is 28.5 Å². The Kier molecular flexibility index (Phi) is 3.54. The topological polar surface area (TPSA) is 60.4 Å². The number of halogens is 2. The van der Waals surface area contributed by atoms with Gasteiger partial charge in [-0.15, -0.1) is 0 Å². The number of ether oxygens (including phenoxy) is 1. The summed E-state index contributed by atoms with van der Waals surface area (Å²) in [6.07, 6.45) is 0.834. The lowest BCUT2D eigenvalue weighted by atomic mass is 10.2. The standard InChI is InChI=1S/C9H8ClFO4S/c1-15-9(12)5-3-8(16(2,13)14)7(11)4-6(5)10/h3-4H,1-2H3. The van der Waals surface area contributed by atoms with Crippen molar-refractivity contribution < 1.29 is 22.3 Å². The second-order valence-corrected chi connectivity index (χ2v) is 5.42. The molecule has 7 heteroatoms. The van der Waals surface area contributed by atoms with Gasteiger partial charge in [-0.3, -0.25) is 0 Å². The molecule has 0 saturated heterocycles. The van der Waals surface area contributed by atoms with E-state index in [-0.39, 0.29) is 10.6 Å². The van der Waals surface area contributed by atoms with Gasteiger partial charge >= 0.3 is 5.97 Å². The Labute approximate surface area is 96.9 Å². The summed E-state index contributed by atoms with van der Waals surface area (Å²) < 4.78 is 40.0. The number of rotatable bonds is 2. The van der Waals surface area contributed by atoms with Crippen molar-refractivity contribution in [2.24, 2.45) is 0 Å². The van der Waals surface area contributed by atoms with Crippen LogP contribution in [0.25, 0.3) is 0 Å². The maximum absolute atomic E-state index is 13.3. The van der Waals surface area contributed by atoms with Gasteiger partial charge in [0.15, 0.2) is 9.84 Å². The molecule has 1 aromatic rings. The average molecular weight is 267 g/mol. The van der Waals surface area contributed by atoms with Gasteiger partial charge < -0.3 is 4.74 Å². The van der Waals surface area contributed by atoms with E-state index in [0.717, 1.165) is 25.5 Å². The molecule has 0 aliphatic rings. The fourth-order valence-corrected chi connectivity index (χ4v) is 2.05. The molecule has 4 nitrogen and oxygen atoms in total. The lowest BCUT2D eigenvalue weighted by Gasteiger charge is -2.06. The van der Waals surface area contributed by atoms with Gasteiger partial charge in [0.25, 0.3) is 0 Å². The van der Waals surface area contributed by atoms with E-state index in [1.165, 1.54) is 0 Å². The molecule has 0 N–H and O–H groups in total. The Bertz CT molecular complexity index is 539. The monoisotopic (exact) mass is 266 g/mol. The second-order valence-electron chi connectivity index (χ2n) is 3.03. The molecule has 0 aliphatic heterocycles. The minimum atomic E-state index is -3.76. The normalized spacial score (nSPS) is 11.2. The van der Waals surface area contributed by atoms with E-state index in [1.54, 1.807) is 0 Å². The van der Waals surface area contributed by atoms with Crippen molar-refractivity contribution in [2.45, 2.75) is 4.90 Å². The quantitative estimate of drug-likeness (QED) is 0.764. The van der Waals surface area contributed by atoms with E-state index in [4.69, 9.17) is 11.6 Å². The lowest BCUT2D eigenvalue weighted by Crippen LogP contribution is -2.07. The van der Waals surface area contributed by atoms with Crippen LogP contribution in [0.3, 0.4) is 0 Å². The van der Waals surface area contributed by atoms with Crippen LogP contribution in [-0.2, 0) is 14.6 Å². The van der Waals surface area contributed by atoms with Crippen molar-refractivity contribution in [3.63, 3.8) is 0 Å². The predicted molar refractivity (Wildman–Crippen MR) is 55.9 cm³/mol. The van der Waals surface area contributed by atoms with Crippen molar-refractivity contribution >= 4 is 27.4 Å². The Morgan fingerprint density at radius 1 is 1.44 bits per heavy atom. The van der Waals surface area contributed by atoms with Gasteiger partial charge in [-0.05, 0) is 12.1 Å². The molecule has 1 rings (SSSR count). The molecular formula is C9H8ClFO4S. The summed E-state index contributed by atoms with van der Waals surface area (Å²) in [6, 6.07) is 1.63. The summed E-state index contributed by atoms with van der Waals surface area (Å²) in [5, 5.41) is -0.197. The van der Waals surface area contributed by atoms with E-state index < -0.39 is 26.5 Å². The molecule has 0 atom stereocenters. The third-order valence-electron chi connectivity index (χ3n) is 1.83. The van der Waals surface area contributed by atoms with Gasteiger partial charge in [0.2, 0.25) is 0 Å². The van der Waals surface area contributed by atoms with Crippen molar-refractivity contribution in [3.8, 4) is 0 Å². The first-order chi connectivity index (χ1) is 7.27. The molecule has 0 heterocycles. The number of carbonyl (C=O) groups excluding carboxylic acids is 1. The van der Waals surface area contributed by atoms with E-state index in [0.29, 0.717) is 0 Å². The molecule has 0 amide bonds. The molecule has 0 saturated carbocycles. The Morgan fingerprint density at radius 2 is 2.00 bits per heavy atom. The highest BCUT2D eigenvalue weighted by molar-refractivity contribution is 7.90. The van der Waals surface area contributed by atoms with Gasteiger partial charge in [0, 0.05) is 6.26 Å². The number of hydrogen-bond donors (Lipinski definition) is 0. The number of benzene rings is 1. The summed E-state index contributed by atoms with van der Waals surface area (Å²) in [4.78, 5) is 10.6. The zero-order chi connectivity index (χ0) is 12.5. The van der Waals surface area contributed by atoms with Crippen molar-refractivity contribution in [1.82, 2.24) is 0 Å². The minimum Gasteiger partial charge on any atom is -0.465 e. The van der Waals surface area contributed by atoms with E-state index >= 15 is 0 Å². The van der Waals surface area contributed by atoms with Crippen LogP contribution in [0.2, 0.25) is 5.02 Å². The summed E-state index contributed by atoms with van der Waals surface area (Å²) in [5.74, 6) is -1.82. The van der Waals surface area contributed by atoms with Crippen LogP contribution < -0.4 is 0 Å². The SMILES string of the molecule is COC(=O)c1cc(S(C)(=O)=O)c(F)cc1Cl. The molecule has 0 aromatic heterocycles. The molecule has 0 bridgehead atoms. The summed E-state index contributed by atoms with van der Waals surface area (Å²) in [5.41, 5.74) is -0.189. The van der Waals surface area contributed by atoms with Crippen LogP contribution >= 0.6 is 11.6 Å². The fraction of sp³-hybridized carbons (Fsp3) is 0.222. The van der Waals surface area contributed by atoms with Gasteiger partial charge in [-0.2, -0.15) is 0 Å². The highest BCUT2D eigenvalue weighted by Crippen LogP contribution is 2.24. The van der Waals surface area contributed by atoms with Crippen LogP contribution in [-0.4, -0.2) is 27.8 Å². The first kappa shape index (κ1) is 12.9. The molecule has 0 unspecified atom stereocenters. The van der Waals surface area contributed by atoms with E-state index in [2.05, 4.69) is 4.74 Å². The molecule has 0 spiro atoms. The smallest absolute Gasteiger partial charge is 0.339 e. The van der Waals surface area contributed by atoms with Crippen LogP contribution in [0.15, 0.2) is 17.0 Å². The number of methoxy groups -OCH3 is 1. The minimum absolute atomic E-state index is 0.189. The van der Waals surface area contributed by atoms with E-state index in [9.17, 15) is 17.6 Å². The number of esters is 1. The second kappa shape index (κ2) is 4.39. The number of carbonyl (C=O) groups is 1. The first-order valence-electron chi connectivity index (χ1n) is 4.04. The zero-order valence-electron chi connectivity index (χ0n) is 8.45. The van der Waals surface area contributed by atoms with Gasteiger partial charge in [0.05, 0.1) is 17.7 Å². The fourth-order valence-electron chi connectivity index (χ4n) is 1.08. The number of hydrogen-bond acceptors (Lipinski definition) is 4. The lowest BCUT2D eigenvalue weighted by molar-refractivity contribution is 0.0600. The van der Waals surface area contributed by atoms with Gasteiger partial charge in [-0.1, -0.05) is 11.6 Å². The third kappa shape index (κ3) is 2.51. The van der Waals surface area contributed by atoms with Crippen molar-refractivity contribution in [2.75, 3.05) is 13.4 Å². The van der Waals surface area contributed by atoms with Crippen molar-refractivity contribution in [1.29, 1.82) is 0 Å². The molecular weight excluding hydrogens is 259 g/mol. The van der Waals surface area contributed by atoms with Gasteiger partial charge in [-0.25, -0.2) is 17.6 Å². The Balaban J connectivity index is 3.51. The van der Waals surface area contributed by atoms with Crippen LogP contribution in [0.4, 0.5) is 4.39 Å². The summed E-state index contributed by atoms with van der Waals surface area (Å²) in [6.45, 7) is 0. The maximum atomic E-state index is 13.3. The zero-order valence-corrected chi connectivity index (χ0v) is 10.0. The molecule has 0 radical (unpaired) electrons. The van der Waals surface area contributed by atoms with Crippen LogP contribution in [0.1, 0.15) is 10.4 Å². The summed E-state index contributed by atoms with van der Waals surface area (Å²) in [7, 11) is -2.64. The Morgan fingerprint density at radius 3 is 2.44 bits per heavy atom. The third-order valence-corrected chi connectivity index (χ3v) is 3.25. The average Bonchev–Trinajstić information content (AvgIpc) is 2.14. The molecule has 0 aliphatic carbocycles. The predicted octanol–water partition coefficient (Wildman–Crippen LogP) is 1.67. The van der Waals surface area contributed by atoms with E-state index in [1.807, 2.05) is 0 Å². The van der Waals surface area contributed by atoms with Crippen LogP contribution in [0.5, 0.6) is 0 Å². The Hall–Kier alpha value is -1.14. The summed E-state index contributed by atoms with van der Waals surface area (Å²) >= 11 is 5.59. The van der Waals surface area contributed by atoms with Crippen LogP contribution in [0, 0.1) is 5.82 Å². The highest BCUT2D eigenvalue weighted by atomic mass is 35.5. The molecule has 88 valence electrons. The highest BCUT2D eigenvalue weighted by Gasteiger charge is 2.20. The maximum Gasteiger partial charge on any atom is 0.339 e. The molecule has 1 aromatic carbocycles.